The minimum Gasteiger partial charge on any atom is -0.507 e. The van der Waals surface area contributed by atoms with Crippen molar-refractivity contribution in [3.63, 3.8) is 0 Å². The standard InChI is InChI=1S/C32H50O/c1-15-20(2)21-16-23(29(3,4)5)27(24(17-21)30(6,7)8)22-18-25(31(9,10)11)28(33)26(19-22)32(12,13)14/h16-20,33H,15H2,1-14H3. The molecule has 0 saturated heterocycles. The smallest absolute Gasteiger partial charge is 0.123 e. The largest absolute Gasteiger partial charge is 0.507 e. The molecule has 0 radical (unpaired) electrons. The van der Waals surface area contributed by atoms with Crippen LogP contribution < -0.4 is 0 Å². The SMILES string of the molecule is CCC(C)c1cc(C(C)(C)C)c(-c2cc(C(C)(C)C)c(O)c(C(C)(C)C)c2)c(C(C)(C)C)c1. The number of hydrogen-bond donors (Lipinski definition) is 1. The molecule has 184 valence electrons. The lowest BCUT2D eigenvalue weighted by Crippen LogP contribution is -2.22. The monoisotopic (exact) mass is 450 g/mol. The number of hydrogen-bond acceptors (Lipinski definition) is 1. The third kappa shape index (κ3) is 5.84. The molecule has 1 unspecified atom stereocenters. The highest BCUT2D eigenvalue weighted by Crippen LogP contribution is 2.47. The minimum atomic E-state index is -0.152. The summed E-state index contributed by atoms with van der Waals surface area (Å²) < 4.78 is 0. The van der Waals surface area contributed by atoms with Gasteiger partial charge < -0.3 is 5.11 Å². The zero-order valence-electron chi connectivity index (χ0n) is 24.0. The Morgan fingerprint density at radius 3 is 1.21 bits per heavy atom. The molecule has 33 heavy (non-hydrogen) atoms. The van der Waals surface area contributed by atoms with Crippen LogP contribution in [0.3, 0.4) is 0 Å². The molecule has 0 saturated carbocycles. The Morgan fingerprint density at radius 1 is 0.606 bits per heavy atom. The van der Waals surface area contributed by atoms with Crippen molar-refractivity contribution >= 4 is 0 Å². The molecule has 0 amide bonds. The van der Waals surface area contributed by atoms with Gasteiger partial charge in [0.2, 0.25) is 0 Å². The van der Waals surface area contributed by atoms with E-state index in [2.05, 4.69) is 121 Å². The highest BCUT2D eigenvalue weighted by atomic mass is 16.3. The van der Waals surface area contributed by atoms with Gasteiger partial charge in [-0.25, -0.2) is 0 Å². The van der Waals surface area contributed by atoms with Crippen LogP contribution in [0.2, 0.25) is 0 Å². The first kappa shape index (κ1) is 27.5. The van der Waals surface area contributed by atoms with Crippen LogP contribution in [0.1, 0.15) is 137 Å². The Kier molecular flexibility index (Phi) is 7.32. The van der Waals surface area contributed by atoms with E-state index in [1.54, 1.807) is 0 Å². The van der Waals surface area contributed by atoms with Crippen LogP contribution in [0.5, 0.6) is 5.75 Å². The molecule has 0 fully saturated rings. The molecule has 1 nitrogen and oxygen atoms in total. The van der Waals surface area contributed by atoms with Crippen molar-refractivity contribution in [2.24, 2.45) is 0 Å². The summed E-state index contributed by atoms with van der Waals surface area (Å²) >= 11 is 0. The summed E-state index contributed by atoms with van der Waals surface area (Å²) in [6.07, 6.45) is 1.13. The van der Waals surface area contributed by atoms with E-state index < -0.39 is 0 Å². The van der Waals surface area contributed by atoms with E-state index in [-0.39, 0.29) is 21.7 Å². The van der Waals surface area contributed by atoms with Gasteiger partial charge in [0.05, 0.1) is 0 Å². The van der Waals surface area contributed by atoms with Gasteiger partial charge in [-0.1, -0.05) is 109 Å². The maximum Gasteiger partial charge on any atom is 0.123 e. The fourth-order valence-corrected chi connectivity index (χ4v) is 4.60. The lowest BCUT2D eigenvalue weighted by molar-refractivity contribution is 0.423. The molecule has 0 aliphatic carbocycles. The molecule has 1 atom stereocenters. The van der Waals surface area contributed by atoms with Crippen molar-refractivity contribution in [2.45, 2.75) is 131 Å². The fourth-order valence-electron chi connectivity index (χ4n) is 4.60. The Hall–Kier alpha value is -1.76. The molecule has 1 heteroatoms. The number of rotatable bonds is 3. The molecule has 0 spiro atoms. The van der Waals surface area contributed by atoms with Crippen molar-refractivity contribution in [3.05, 3.63) is 52.1 Å². The second-order valence-electron chi connectivity index (χ2n) is 14.2. The van der Waals surface area contributed by atoms with E-state index in [0.717, 1.165) is 17.5 Å². The second kappa shape index (κ2) is 8.79. The fraction of sp³-hybridized carbons (Fsp3) is 0.625. The van der Waals surface area contributed by atoms with Gasteiger partial charge in [-0.3, -0.25) is 0 Å². The molecule has 0 aromatic heterocycles. The molecule has 0 aliphatic heterocycles. The average Bonchev–Trinajstić information content (AvgIpc) is 2.63. The number of phenolic OH excluding ortho intramolecular Hbond substituents is 1. The van der Waals surface area contributed by atoms with Crippen LogP contribution in [0.15, 0.2) is 24.3 Å². The summed E-state index contributed by atoms with van der Waals surface area (Å²) in [6, 6.07) is 9.43. The molecule has 0 bridgehead atoms. The predicted octanol–water partition coefficient (Wildman–Crippen LogP) is 9.76. The minimum absolute atomic E-state index is 0.000479. The van der Waals surface area contributed by atoms with Crippen LogP contribution in [0.4, 0.5) is 0 Å². The van der Waals surface area contributed by atoms with Gasteiger partial charge >= 0.3 is 0 Å². The number of aromatic hydroxyl groups is 1. The molecule has 0 heterocycles. The lowest BCUT2D eigenvalue weighted by Gasteiger charge is -2.34. The number of phenols is 1. The van der Waals surface area contributed by atoms with Gasteiger partial charge in [-0.05, 0) is 73.9 Å². The molecule has 2 aromatic carbocycles. The molecule has 1 N–H and O–H groups in total. The van der Waals surface area contributed by atoms with Crippen molar-refractivity contribution in [1.29, 1.82) is 0 Å². The molecule has 2 aromatic rings. The Morgan fingerprint density at radius 2 is 0.939 bits per heavy atom. The summed E-state index contributed by atoms with van der Waals surface area (Å²) in [5, 5.41) is 11.3. The van der Waals surface area contributed by atoms with Crippen molar-refractivity contribution in [1.82, 2.24) is 0 Å². The maximum absolute atomic E-state index is 11.3. The maximum atomic E-state index is 11.3. The zero-order chi connectivity index (χ0) is 25.7. The highest BCUT2D eigenvalue weighted by molar-refractivity contribution is 5.77. The summed E-state index contributed by atoms with van der Waals surface area (Å²) in [6.45, 7) is 31.7. The first-order valence-electron chi connectivity index (χ1n) is 12.8. The van der Waals surface area contributed by atoms with E-state index in [0.29, 0.717) is 11.7 Å². The van der Waals surface area contributed by atoms with Gasteiger partial charge in [0, 0.05) is 11.1 Å². The summed E-state index contributed by atoms with van der Waals surface area (Å²) in [7, 11) is 0. The Labute approximate surface area is 205 Å². The third-order valence-corrected chi connectivity index (χ3v) is 6.97. The first-order valence-corrected chi connectivity index (χ1v) is 12.8. The van der Waals surface area contributed by atoms with Crippen molar-refractivity contribution in [3.8, 4) is 16.9 Å². The van der Waals surface area contributed by atoms with E-state index in [9.17, 15) is 5.11 Å². The first-order chi connectivity index (χ1) is 14.7. The van der Waals surface area contributed by atoms with E-state index in [1.807, 2.05) is 0 Å². The third-order valence-electron chi connectivity index (χ3n) is 6.97. The van der Waals surface area contributed by atoms with Gasteiger partial charge in [-0.2, -0.15) is 0 Å². The van der Waals surface area contributed by atoms with Crippen molar-refractivity contribution in [2.75, 3.05) is 0 Å². The highest BCUT2D eigenvalue weighted by Gasteiger charge is 2.32. The van der Waals surface area contributed by atoms with E-state index in [1.165, 1.54) is 27.8 Å². The number of benzene rings is 2. The quantitative estimate of drug-likeness (QED) is 0.493. The Balaban J connectivity index is 3.14. The molecule has 0 aliphatic rings. The van der Waals surface area contributed by atoms with Gasteiger partial charge in [0.15, 0.2) is 0 Å². The zero-order valence-corrected chi connectivity index (χ0v) is 24.0. The summed E-state index contributed by atoms with van der Waals surface area (Å²) in [5.41, 5.74) is 8.55. The van der Waals surface area contributed by atoms with Crippen LogP contribution >= 0.6 is 0 Å². The van der Waals surface area contributed by atoms with E-state index >= 15 is 0 Å². The van der Waals surface area contributed by atoms with E-state index in [4.69, 9.17) is 0 Å². The molecular formula is C32H50O. The van der Waals surface area contributed by atoms with Gasteiger partial charge in [-0.15, -0.1) is 0 Å². The van der Waals surface area contributed by atoms with Crippen LogP contribution in [0.25, 0.3) is 11.1 Å². The average molecular weight is 451 g/mol. The van der Waals surface area contributed by atoms with Gasteiger partial charge in [0.1, 0.15) is 5.75 Å². The van der Waals surface area contributed by atoms with Crippen LogP contribution in [-0.4, -0.2) is 5.11 Å². The molecule has 2 rings (SSSR count). The van der Waals surface area contributed by atoms with Crippen molar-refractivity contribution < 1.29 is 5.11 Å². The summed E-state index contributed by atoms with van der Waals surface area (Å²) in [4.78, 5) is 0. The lowest BCUT2D eigenvalue weighted by atomic mass is 9.70. The normalized spacial score (nSPS) is 14.5. The second-order valence-corrected chi connectivity index (χ2v) is 14.2. The summed E-state index contributed by atoms with van der Waals surface area (Å²) in [5.74, 6) is 0.973. The van der Waals surface area contributed by atoms with Crippen LogP contribution in [-0.2, 0) is 21.7 Å². The molecular weight excluding hydrogens is 400 g/mol. The topological polar surface area (TPSA) is 20.2 Å². The predicted molar refractivity (Wildman–Crippen MR) is 147 cm³/mol. The Bertz CT molecular complexity index is 925. The van der Waals surface area contributed by atoms with Gasteiger partial charge in [0.25, 0.3) is 0 Å². The van der Waals surface area contributed by atoms with Crippen LogP contribution in [0, 0.1) is 0 Å².